The third-order valence-electron chi connectivity index (χ3n) is 5.22. The molecule has 0 heterocycles. The van der Waals surface area contributed by atoms with Gasteiger partial charge in [0.2, 0.25) is 5.39 Å². The molecular weight excluding hydrogens is 332 g/mol. The minimum Gasteiger partial charge on any atom is -0.494 e. The van der Waals surface area contributed by atoms with Crippen molar-refractivity contribution in [2.45, 2.75) is 110 Å². The monoisotopic (exact) mass is 373 g/mol. The van der Waals surface area contributed by atoms with Crippen molar-refractivity contribution in [3.8, 4) is 5.75 Å². The highest BCUT2D eigenvalue weighted by molar-refractivity contribution is 5.46. The van der Waals surface area contributed by atoms with Gasteiger partial charge in [-0.05, 0) is 18.6 Å². The first kappa shape index (κ1) is 23.5. The molecule has 0 bridgehead atoms. The van der Waals surface area contributed by atoms with Crippen LogP contribution < -0.4 is 4.74 Å². The van der Waals surface area contributed by atoms with Crippen molar-refractivity contribution < 1.29 is 4.74 Å². The van der Waals surface area contributed by atoms with Crippen LogP contribution >= 0.6 is 0 Å². The van der Waals surface area contributed by atoms with Crippen LogP contribution in [0.25, 0.3) is 4.98 Å². The van der Waals surface area contributed by atoms with E-state index in [1.165, 1.54) is 96.3 Å². The normalized spacial score (nSPS) is 10.7. The first-order valence-electron chi connectivity index (χ1n) is 11.4. The van der Waals surface area contributed by atoms with Crippen LogP contribution in [0.2, 0.25) is 0 Å². The van der Waals surface area contributed by atoms with Gasteiger partial charge in [0.1, 0.15) is 5.75 Å². The summed E-state index contributed by atoms with van der Waals surface area (Å²) in [6, 6.07) is 7.20. The second kappa shape index (κ2) is 17.8. The molecule has 0 unspecified atom stereocenters. The zero-order valence-corrected chi connectivity index (χ0v) is 17.6. The van der Waals surface area contributed by atoms with Crippen molar-refractivity contribution in [3.05, 3.63) is 29.2 Å². The molecule has 0 saturated heterocycles. The topological polar surface area (TPSA) is 37.4 Å². The Morgan fingerprint density at radius 1 is 0.630 bits per heavy atom. The number of nitrogens with zero attached hydrogens (tertiary/aromatic N) is 2. The fourth-order valence-electron chi connectivity index (χ4n) is 3.45. The van der Waals surface area contributed by atoms with Crippen molar-refractivity contribution in [3.63, 3.8) is 0 Å². The highest BCUT2D eigenvalue weighted by atomic mass is 16.5. The lowest BCUT2D eigenvalue weighted by atomic mass is 10.0. The molecule has 152 valence electrons. The van der Waals surface area contributed by atoms with Crippen molar-refractivity contribution in [1.29, 1.82) is 5.39 Å². The first-order valence-corrected chi connectivity index (χ1v) is 11.4. The molecule has 1 aromatic carbocycles. The third kappa shape index (κ3) is 14.2. The Balaban J connectivity index is 1.76. The van der Waals surface area contributed by atoms with Crippen molar-refractivity contribution >= 4 is 5.69 Å². The van der Waals surface area contributed by atoms with Gasteiger partial charge < -0.3 is 4.74 Å². The fourth-order valence-corrected chi connectivity index (χ4v) is 3.45. The summed E-state index contributed by atoms with van der Waals surface area (Å²) < 4.78 is 5.70. The fraction of sp³-hybridized carbons (Fsp3) is 0.750. The Bertz CT molecular complexity index is 478. The van der Waals surface area contributed by atoms with Crippen molar-refractivity contribution in [2.24, 2.45) is 0 Å². The highest BCUT2D eigenvalue weighted by Crippen LogP contribution is 2.18. The number of ether oxygens (including phenoxy) is 1. The van der Waals surface area contributed by atoms with Crippen LogP contribution in [-0.2, 0) is 0 Å². The van der Waals surface area contributed by atoms with Crippen molar-refractivity contribution in [2.75, 3.05) is 6.61 Å². The Kier molecular flexibility index (Phi) is 15.5. The van der Waals surface area contributed by atoms with Gasteiger partial charge in [-0.25, -0.2) is 0 Å². The van der Waals surface area contributed by atoms with Gasteiger partial charge in [-0.3, -0.25) is 0 Å². The van der Waals surface area contributed by atoms with Crippen molar-refractivity contribution in [1.82, 2.24) is 0 Å². The summed E-state index contributed by atoms with van der Waals surface area (Å²) in [7, 11) is 0. The van der Waals surface area contributed by atoms with Crippen LogP contribution in [0.5, 0.6) is 5.75 Å². The van der Waals surface area contributed by atoms with E-state index in [2.05, 4.69) is 11.9 Å². The summed E-state index contributed by atoms with van der Waals surface area (Å²) >= 11 is 0. The number of unbranched alkanes of at least 4 members (excludes halogenated alkanes) is 15. The van der Waals surface area contributed by atoms with Gasteiger partial charge >= 0.3 is 5.69 Å². The summed E-state index contributed by atoms with van der Waals surface area (Å²) in [6.45, 7) is 3.06. The molecule has 1 aromatic rings. The molecule has 0 N–H and O–H groups in total. The van der Waals surface area contributed by atoms with Gasteiger partial charge in [0, 0.05) is 12.1 Å². The largest absolute Gasteiger partial charge is 0.494 e. The second-order valence-electron chi connectivity index (χ2n) is 7.75. The van der Waals surface area contributed by atoms with E-state index in [4.69, 9.17) is 10.1 Å². The minimum absolute atomic E-state index is 0.560. The molecule has 0 aliphatic heterocycles. The van der Waals surface area contributed by atoms with Crippen LogP contribution in [-0.4, -0.2) is 6.61 Å². The first-order chi connectivity index (χ1) is 13.4. The van der Waals surface area contributed by atoms with Gasteiger partial charge in [-0.2, -0.15) is 0 Å². The quantitative estimate of drug-likeness (QED) is 0.190. The van der Waals surface area contributed by atoms with Crippen LogP contribution in [0.1, 0.15) is 110 Å². The highest BCUT2D eigenvalue weighted by Gasteiger charge is 2.02. The smallest absolute Gasteiger partial charge is 0.385 e. The lowest BCUT2D eigenvalue weighted by Gasteiger charge is -2.05. The van der Waals surface area contributed by atoms with Crippen LogP contribution in [0.15, 0.2) is 24.3 Å². The van der Waals surface area contributed by atoms with Gasteiger partial charge in [0.15, 0.2) is 4.98 Å². The minimum atomic E-state index is 0.560. The molecule has 0 aromatic heterocycles. The summed E-state index contributed by atoms with van der Waals surface area (Å²) in [6.07, 6.45) is 22.2. The molecule has 0 fully saturated rings. The molecule has 3 heteroatoms. The Morgan fingerprint density at radius 3 is 1.44 bits per heavy atom. The Hall–Kier alpha value is -1.56. The van der Waals surface area contributed by atoms with Gasteiger partial charge in [0.05, 0.1) is 6.61 Å². The Labute approximate surface area is 167 Å². The van der Waals surface area contributed by atoms with E-state index >= 15 is 0 Å². The molecule has 0 atom stereocenters. The molecule has 0 aliphatic rings. The summed E-state index contributed by atoms with van der Waals surface area (Å²) in [5, 5.41) is 8.64. The average Bonchev–Trinajstić information content (AvgIpc) is 2.70. The summed E-state index contributed by atoms with van der Waals surface area (Å²) in [5.74, 6) is 0.850. The van der Waals surface area contributed by atoms with E-state index in [-0.39, 0.29) is 0 Å². The second-order valence-corrected chi connectivity index (χ2v) is 7.75. The molecular formula is C24H41N2O+. The zero-order chi connectivity index (χ0) is 19.4. The van der Waals surface area contributed by atoms with E-state index in [1.807, 2.05) is 12.1 Å². The standard InChI is InChI=1S/C24H41N2O/c1-2-3-4-5-6-7-8-9-10-11-12-13-14-15-16-17-22-27-24-20-18-23(26-25)19-21-24/h18-21H,2-17,22H2,1H3/q+1. The van der Waals surface area contributed by atoms with Crippen LogP contribution in [0.3, 0.4) is 0 Å². The lowest BCUT2D eigenvalue weighted by Crippen LogP contribution is -1.96. The van der Waals surface area contributed by atoms with Gasteiger partial charge in [0.25, 0.3) is 0 Å². The average molecular weight is 374 g/mol. The lowest BCUT2D eigenvalue weighted by molar-refractivity contribution is 0.304. The molecule has 3 nitrogen and oxygen atoms in total. The van der Waals surface area contributed by atoms with Gasteiger partial charge in [-0.1, -0.05) is 103 Å². The third-order valence-corrected chi connectivity index (χ3v) is 5.22. The predicted molar refractivity (Wildman–Crippen MR) is 116 cm³/mol. The van der Waals surface area contributed by atoms with Crippen LogP contribution in [0.4, 0.5) is 5.69 Å². The van der Waals surface area contributed by atoms with E-state index in [0.717, 1.165) is 18.8 Å². The SMILES string of the molecule is CCCCCCCCCCCCCCCCCCOc1ccc([N+]#N)cc1. The number of diazo groups is 1. The van der Waals surface area contributed by atoms with Gasteiger partial charge in [-0.15, -0.1) is 0 Å². The number of hydrogen-bond donors (Lipinski definition) is 0. The predicted octanol–water partition coefficient (Wildman–Crippen LogP) is 8.81. The summed E-state index contributed by atoms with van der Waals surface area (Å²) in [5.41, 5.74) is 0.560. The van der Waals surface area contributed by atoms with E-state index in [0.29, 0.717) is 5.69 Å². The summed E-state index contributed by atoms with van der Waals surface area (Å²) in [4.78, 5) is 3.14. The zero-order valence-electron chi connectivity index (χ0n) is 17.6. The van der Waals surface area contributed by atoms with E-state index in [1.54, 1.807) is 12.1 Å². The number of hydrogen-bond acceptors (Lipinski definition) is 2. The van der Waals surface area contributed by atoms with Crippen LogP contribution in [0, 0.1) is 5.39 Å². The van der Waals surface area contributed by atoms with E-state index < -0.39 is 0 Å². The molecule has 0 aliphatic carbocycles. The maximum absolute atomic E-state index is 8.64. The number of benzene rings is 1. The molecule has 0 spiro atoms. The molecule has 27 heavy (non-hydrogen) atoms. The molecule has 1 rings (SSSR count). The maximum atomic E-state index is 8.64. The molecule has 0 saturated carbocycles. The van der Waals surface area contributed by atoms with E-state index in [9.17, 15) is 0 Å². The molecule has 0 amide bonds. The Morgan fingerprint density at radius 2 is 1.04 bits per heavy atom. The molecule has 0 radical (unpaired) electrons. The number of rotatable bonds is 18. The maximum Gasteiger partial charge on any atom is 0.385 e.